The SMILES string of the molecule is COc1ccc(C(=O)N2C(=S)N=C(C)C(C(=O)O)C2c2cccc([N+](=O)[O-])c2)cc1. The fourth-order valence-corrected chi connectivity index (χ4v) is 3.67. The summed E-state index contributed by atoms with van der Waals surface area (Å²) in [7, 11) is 1.49. The molecule has 0 bridgehead atoms. The number of hydrogen-bond acceptors (Lipinski definition) is 6. The summed E-state index contributed by atoms with van der Waals surface area (Å²) in [5.74, 6) is -2.47. The van der Waals surface area contributed by atoms with Gasteiger partial charge < -0.3 is 9.84 Å². The first-order valence-electron chi connectivity index (χ1n) is 8.78. The number of amides is 1. The van der Waals surface area contributed by atoms with Gasteiger partial charge in [-0.25, -0.2) is 4.99 Å². The number of carbonyl (C=O) groups is 2. The van der Waals surface area contributed by atoms with E-state index in [1.165, 1.54) is 50.4 Å². The number of thiocarbonyl (C=S) groups is 1. The maximum absolute atomic E-state index is 13.3. The molecule has 1 aliphatic rings. The monoisotopic (exact) mass is 427 g/mol. The zero-order chi connectivity index (χ0) is 22.0. The minimum Gasteiger partial charge on any atom is -0.497 e. The van der Waals surface area contributed by atoms with Gasteiger partial charge in [-0.05, 0) is 49.0 Å². The molecule has 3 rings (SSSR count). The van der Waals surface area contributed by atoms with Gasteiger partial charge in [0, 0.05) is 23.4 Å². The Kier molecular flexibility index (Phi) is 5.88. The zero-order valence-corrected chi connectivity index (χ0v) is 16.8. The normalized spacial score (nSPS) is 18.5. The Hall–Kier alpha value is -3.66. The van der Waals surface area contributed by atoms with Crippen molar-refractivity contribution in [3.05, 3.63) is 69.8 Å². The number of nitro groups is 1. The van der Waals surface area contributed by atoms with E-state index in [1.807, 2.05) is 0 Å². The number of aliphatic carboxylic acids is 1. The first-order valence-corrected chi connectivity index (χ1v) is 9.19. The molecule has 0 radical (unpaired) electrons. The molecule has 1 amide bonds. The second-order valence-corrected chi connectivity index (χ2v) is 6.92. The van der Waals surface area contributed by atoms with E-state index in [9.17, 15) is 24.8 Å². The number of hydrogen-bond donors (Lipinski definition) is 1. The predicted octanol–water partition coefficient (Wildman–Crippen LogP) is 3.25. The van der Waals surface area contributed by atoms with Gasteiger partial charge in [0.2, 0.25) is 5.11 Å². The second-order valence-electron chi connectivity index (χ2n) is 6.55. The van der Waals surface area contributed by atoms with Gasteiger partial charge in [-0.1, -0.05) is 12.1 Å². The van der Waals surface area contributed by atoms with Crippen molar-refractivity contribution in [2.45, 2.75) is 13.0 Å². The second kappa shape index (κ2) is 8.37. The number of non-ortho nitro benzene ring substituents is 1. The summed E-state index contributed by atoms with van der Waals surface area (Å²) in [6.07, 6.45) is 0. The first-order chi connectivity index (χ1) is 14.2. The fourth-order valence-electron chi connectivity index (χ4n) is 3.33. The minimum atomic E-state index is -1.22. The van der Waals surface area contributed by atoms with E-state index in [-0.39, 0.29) is 27.6 Å². The van der Waals surface area contributed by atoms with Gasteiger partial charge in [0.15, 0.2) is 0 Å². The maximum Gasteiger partial charge on any atom is 0.314 e. The summed E-state index contributed by atoms with van der Waals surface area (Å²) in [5, 5.41) is 20.9. The average Bonchev–Trinajstić information content (AvgIpc) is 2.72. The lowest BCUT2D eigenvalue weighted by Crippen LogP contribution is -2.49. The molecule has 2 aromatic carbocycles. The highest BCUT2D eigenvalue weighted by molar-refractivity contribution is 7.80. The molecule has 0 saturated heterocycles. The van der Waals surface area contributed by atoms with Crippen molar-refractivity contribution in [2.24, 2.45) is 10.9 Å². The Morgan fingerprint density at radius 2 is 1.90 bits per heavy atom. The number of nitro benzene ring substituents is 1. The van der Waals surface area contributed by atoms with Crippen LogP contribution in [0, 0.1) is 16.0 Å². The highest BCUT2D eigenvalue weighted by atomic mass is 32.1. The van der Waals surface area contributed by atoms with E-state index in [0.717, 1.165) is 4.90 Å². The van der Waals surface area contributed by atoms with Gasteiger partial charge in [-0.15, -0.1) is 0 Å². The number of carboxylic acid groups (broad SMARTS) is 1. The van der Waals surface area contributed by atoms with Gasteiger partial charge in [0.25, 0.3) is 11.6 Å². The molecule has 9 nitrogen and oxygen atoms in total. The lowest BCUT2D eigenvalue weighted by molar-refractivity contribution is -0.385. The Morgan fingerprint density at radius 1 is 1.23 bits per heavy atom. The van der Waals surface area contributed by atoms with Crippen molar-refractivity contribution < 1.29 is 24.4 Å². The first kappa shape index (κ1) is 21.1. The van der Waals surface area contributed by atoms with Crippen LogP contribution in [0.1, 0.15) is 28.9 Å². The Morgan fingerprint density at radius 3 is 2.47 bits per heavy atom. The van der Waals surface area contributed by atoms with Crippen LogP contribution in [0.25, 0.3) is 0 Å². The molecular formula is C20H17N3O6S. The number of ether oxygens (including phenoxy) is 1. The van der Waals surface area contributed by atoms with Crippen LogP contribution in [0.2, 0.25) is 0 Å². The van der Waals surface area contributed by atoms with E-state index in [0.29, 0.717) is 5.75 Å². The maximum atomic E-state index is 13.3. The van der Waals surface area contributed by atoms with Crippen molar-refractivity contribution >= 4 is 40.6 Å². The number of rotatable bonds is 5. The largest absolute Gasteiger partial charge is 0.497 e. The van der Waals surface area contributed by atoms with Crippen molar-refractivity contribution in [1.82, 2.24) is 4.90 Å². The summed E-state index contributed by atoms with van der Waals surface area (Å²) in [6, 6.07) is 10.6. The van der Waals surface area contributed by atoms with Crippen molar-refractivity contribution in [3.8, 4) is 5.75 Å². The van der Waals surface area contributed by atoms with Crippen LogP contribution in [-0.2, 0) is 4.79 Å². The number of nitrogens with zero attached hydrogens (tertiary/aromatic N) is 3. The van der Waals surface area contributed by atoms with Crippen LogP contribution in [0.3, 0.4) is 0 Å². The van der Waals surface area contributed by atoms with Crippen LogP contribution >= 0.6 is 12.2 Å². The lowest BCUT2D eigenvalue weighted by Gasteiger charge is -2.38. The van der Waals surface area contributed by atoms with Gasteiger partial charge >= 0.3 is 5.97 Å². The summed E-state index contributed by atoms with van der Waals surface area (Å²) >= 11 is 5.30. The third-order valence-electron chi connectivity index (χ3n) is 4.77. The van der Waals surface area contributed by atoms with E-state index in [1.54, 1.807) is 12.1 Å². The Balaban J connectivity index is 2.15. The molecule has 1 heterocycles. The van der Waals surface area contributed by atoms with Gasteiger partial charge in [-0.3, -0.25) is 24.6 Å². The topological polar surface area (TPSA) is 122 Å². The fraction of sp³-hybridized carbons (Fsp3) is 0.200. The molecule has 30 heavy (non-hydrogen) atoms. The molecule has 0 aliphatic carbocycles. The summed E-state index contributed by atoms with van der Waals surface area (Å²) in [4.78, 5) is 41.2. The van der Waals surface area contributed by atoms with Gasteiger partial charge in [0.1, 0.15) is 11.7 Å². The standard InChI is InChI=1S/C20H17N3O6S/c1-11-16(19(25)26)17(13-4-3-5-14(10-13)23(27)28)22(20(30)21-11)18(24)12-6-8-15(29-2)9-7-12/h3-10,16-17H,1-2H3,(H,25,26). The van der Waals surface area contributed by atoms with Crippen molar-refractivity contribution in [1.29, 1.82) is 0 Å². The molecule has 0 spiro atoms. The molecule has 10 heteroatoms. The highest BCUT2D eigenvalue weighted by Crippen LogP contribution is 2.37. The zero-order valence-electron chi connectivity index (χ0n) is 16.0. The molecular weight excluding hydrogens is 410 g/mol. The molecule has 154 valence electrons. The highest BCUT2D eigenvalue weighted by Gasteiger charge is 2.44. The molecule has 0 aromatic heterocycles. The van der Waals surface area contributed by atoms with E-state index >= 15 is 0 Å². The molecule has 0 saturated carbocycles. The molecule has 0 fully saturated rings. The molecule has 1 N–H and O–H groups in total. The Bertz CT molecular complexity index is 1070. The third-order valence-corrected chi connectivity index (χ3v) is 5.05. The molecule has 2 atom stereocenters. The van der Waals surface area contributed by atoms with Crippen LogP contribution in [0.5, 0.6) is 5.75 Å². The van der Waals surface area contributed by atoms with Crippen LogP contribution in [-0.4, -0.2) is 44.7 Å². The summed E-state index contributed by atoms with van der Waals surface area (Å²) in [6.45, 7) is 1.50. The number of benzene rings is 2. The molecule has 2 unspecified atom stereocenters. The number of methoxy groups -OCH3 is 1. The minimum absolute atomic E-state index is 0.109. The quantitative estimate of drug-likeness (QED) is 0.441. The summed E-state index contributed by atoms with van der Waals surface area (Å²) in [5.41, 5.74) is 0.505. The number of carboxylic acids is 1. The van der Waals surface area contributed by atoms with Crippen LogP contribution in [0.4, 0.5) is 5.69 Å². The van der Waals surface area contributed by atoms with E-state index < -0.39 is 28.8 Å². The van der Waals surface area contributed by atoms with Crippen LogP contribution in [0.15, 0.2) is 53.5 Å². The van der Waals surface area contributed by atoms with E-state index in [4.69, 9.17) is 17.0 Å². The Labute approximate surface area is 176 Å². The van der Waals surface area contributed by atoms with Gasteiger partial charge in [0.05, 0.1) is 18.1 Å². The number of aliphatic imine (C=N–C) groups is 1. The van der Waals surface area contributed by atoms with E-state index in [2.05, 4.69) is 4.99 Å². The predicted molar refractivity (Wildman–Crippen MR) is 112 cm³/mol. The van der Waals surface area contributed by atoms with Crippen molar-refractivity contribution in [3.63, 3.8) is 0 Å². The average molecular weight is 427 g/mol. The number of carbonyl (C=O) groups excluding carboxylic acids is 1. The van der Waals surface area contributed by atoms with Gasteiger partial charge in [-0.2, -0.15) is 0 Å². The molecule has 2 aromatic rings. The lowest BCUT2D eigenvalue weighted by atomic mass is 9.86. The third kappa shape index (κ3) is 3.90. The van der Waals surface area contributed by atoms with Crippen molar-refractivity contribution in [2.75, 3.05) is 7.11 Å². The van der Waals surface area contributed by atoms with Crippen LogP contribution < -0.4 is 4.74 Å². The summed E-state index contributed by atoms with van der Waals surface area (Å²) < 4.78 is 5.09. The smallest absolute Gasteiger partial charge is 0.314 e. The molecule has 1 aliphatic heterocycles.